The van der Waals surface area contributed by atoms with Crippen LogP contribution in [0.2, 0.25) is 0 Å². The average Bonchev–Trinajstić information content (AvgIpc) is 2.74. The highest BCUT2D eigenvalue weighted by Gasteiger charge is 2.14. The smallest absolute Gasteiger partial charge is 0.0388 e. The molecule has 0 spiro atoms. The van der Waals surface area contributed by atoms with E-state index in [4.69, 9.17) is 0 Å². The van der Waals surface area contributed by atoms with Gasteiger partial charge in [-0.15, -0.1) is 11.3 Å². The predicted octanol–water partition coefficient (Wildman–Crippen LogP) is 4.51. The molecule has 0 unspecified atom stereocenters. The molecule has 2 heteroatoms. The summed E-state index contributed by atoms with van der Waals surface area (Å²) < 4.78 is 0. The Morgan fingerprint density at radius 2 is 1.88 bits per heavy atom. The fourth-order valence-electron chi connectivity index (χ4n) is 2.60. The molecule has 1 saturated carbocycles. The van der Waals surface area contributed by atoms with Gasteiger partial charge in [0.1, 0.15) is 0 Å². The summed E-state index contributed by atoms with van der Waals surface area (Å²) in [5.41, 5.74) is 0. The molecular formula is C14H23NS. The minimum Gasteiger partial charge on any atom is -0.307 e. The average molecular weight is 237 g/mol. The van der Waals surface area contributed by atoms with Crippen molar-refractivity contribution in [3.8, 4) is 0 Å². The van der Waals surface area contributed by atoms with Crippen LogP contribution in [0.3, 0.4) is 0 Å². The molecule has 0 aromatic carbocycles. The van der Waals surface area contributed by atoms with E-state index >= 15 is 0 Å². The molecule has 90 valence electrons. The fourth-order valence-corrected chi connectivity index (χ4v) is 3.34. The van der Waals surface area contributed by atoms with E-state index in [1.54, 1.807) is 0 Å². The molecule has 0 radical (unpaired) electrons. The van der Waals surface area contributed by atoms with E-state index in [-0.39, 0.29) is 0 Å². The van der Waals surface area contributed by atoms with E-state index in [9.17, 15) is 0 Å². The molecule has 1 aromatic rings. The predicted molar refractivity (Wildman–Crippen MR) is 72.0 cm³/mol. The second-order valence-corrected chi connectivity index (χ2v) is 5.93. The lowest BCUT2D eigenvalue weighted by Gasteiger charge is -2.24. The Balaban J connectivity index is 1.82. The van der Waals surface area contributed by atoms with Crippen molar-refractivity contribution in [3.05, 3.63) is 22.4 Å². The lowest BCUT2D eigenvalue weighted by atomic mass is 9.96. The first-order valence-corrected chi connectivity index (χ1v) is 7.53. The summed E-state index contributed by atoms with van der Waals surface area (Å²) in [4.78, 5) is 1.47. The quantitative estimate of drug-likeness (QED) is 0.815. The van der Waals surface area contributed by atoms with Crippen LogP contribution in [0.1, 0.15) is 62.8 Å². The molecule has 0 aliphatic heterocycles. The summed E-state index contributed by atoms with van der Waals surface area (Å²) in [5.74, 6) is 0. The number of hydrogen-bond donors (Lipinski definition) is 1. The monoisotopic (exact) mass is 237 g/mol. The van der Waals surface area contributed by atoms with Gasteiger partial charge in [-0.05, 0) is 31.2 Å². The summed E-state index contributed by atoms with van der Waals surface area (Å²) in [6.45, 7) is 2.30. The van der Waals surface area contributed by atoms with Gasteiger partial charge in [-0.3, -0.25) is 0 Å². The maximum Gasteiger partial charge on any atom is 0.0388 e. The van der Waals surface area contributed by atoms with Gasteiger partial charge in [0.2, 0.25) is 0 Å². The molecule has 16 heavy (non-hydrogen) atoms. The van der Waals surface area contributed by atoms with Crippen molar-refractivity contribution in [1.82, 2.24) is 5.32 Å². The highest BCUT2D eigenvalue weighted by Crippen LogP contribution is 2.22. The number of nitrogens with one attached hydrogen (secondary N) is 1. The third kappa shape index (κ3) is 3.60. The van der Waals surface area contributed by atoms with E-state index in [0.29, 0.717) is 6.04 Å². The van der Waals surface area contributed by atoms with Crippen LogP contribution >= 0.6 is 11.3 Å². The summed E-state index contributed by atoms with van der Waals surface area (Å²) >= 11 is 1.87. The number of thiophene rings is 1. The van der Waals surface area contributed by atoms with Crippen molar-refractivity contribution in [1.29, 1.82) is 0 Å². The van der Waals surface area contributed by atoms with Crippen molar-refractivity contribution < 1.29 is 0 Å². The fraction of sp³-hybridized carbons (Fsp3) is 0.714. The second kappa shape index (κ2) is 6.41. The van der Waals surface area contributed by atoms with E-state index < -0.39 is 0 Å². The molecule has 1 aliphatic carbocycles. The van der Waals surface area contributed by atoms with Crippen LogP contribution in [0.15, 0.2) is 17.5 Å². The lowest BCUT2D eigenvalue weighted by Crippen LogP contribution is -2.31. The van der Waals surface area contributed by atoms with Crippen LogP contribution in [-0.2, 0) is 0 Å². The van der Waals surface area contributed by atoms with Crippen LogP contribution in [0.5, 0.6) is 0 Å². The SMILES string of the molecule is C[C@@H](NC1CCCCCCC1)c1cccs1. The van der Waals surface area contributed by atoms with Gasteiger partial charge in [0, 0.05) is 17.0 Å². The zero-order chi connectivity index (χ0) is 11.2. The van der Waals surface area contributed by atoms with Gasteiger partial charge >= 0.3 is 0 Å². The van der Waals surface area contributed by atoms with Crippen LogP contribution in [-0.4, -0.2) is 6.04 Å². The Morgan fingerprint density at radius 1 is 1.19 bits per heavy atom. The van der Waals surface area contributed by atoms with Gasteiger partial charge in [-0.2, -0.15) is 0 Å². The van der Waals surface area contributed by atoms with Gasteiger partial charge < -0.3 is 5.32 Å². The Morgan fingerprint density at radius 3 is 2.50 bits per heavy atom. The van der Waals surface area contributed by atoms with Crippen molar-refractivity contribution in [2.24, 2.45) is 0 Å². The van der Waals surface area contributed by atoms with Crippen molar-refractivity contribution in [2.75, 3.05) is 0 Å². The highest BCUT2D eigenvalue weighted by atomic mass is 32.1. The Labute approximate surface area is 103 Å². The number of rotatable bonds is 3. The zero-order valence-electron chi connectivity index (χ0n) is 10.2. The lowest BCUT2D eigenvalue weighted by molar-refractivity contribution is 0.364. The Hall–Kier alpha value is -0.340. The first-order valence-electron chi connectivity index (χ1n) is 6.66. The largest absolute Gasteiger partial charge is 0.307 e. The topological polar surface area (TPSA) is 12.0 Å². The molecule has 1 heterocycles. The summed E-state index contributed by atoms with van der Waals surface area (Å²) in [5, 5.41) is 5.97. The third-order valence-electron chi connectivity index (χ3n) is 3.56. The normalized spacial score (nSPS) is 21.3. The van der Waals surface area contributed by atoms with Crippen LogP contribution < -0.4 is 5.32 Å². The van der Waals surface area contributed by atoms with Gasteiger partial charge in [0.25, 0.3) is 0 Å². The molecule has 0 saturated heterocycles. The summed E-state index contributed by atoms with van der Waals surface area (Å²) in [6, 6.07) is 5.67. The van der Waals surface area contributed by atoms with Crippen LogP contribution in [0, 0.1) is 0 Å². The molecule has 1 nitrogen and oxygen atoms in total. The number of hydrogen-bond acceptors (Lipinski definition) is 2. The van der Waals surface area contributed by atoms with E-state index in [2.05, 4.69) is 29.8 Å². The molecular weight excluding hydrogens is 214 g/mol. The van der Waals surface area contributed by atoms with Crippen molar-refractivity contribution >= 4 is 11.3 Å². The molecule has 1 N–H and O–H groups in total. The van der Waals surface area contributed by atoms with Gasteiger partial charge in [0.15, 0.2) is 0 Å². The van der Waals surface area contributed by atoms with E-state index in [1.165, 1.54) is 49.8 Å². The molecule has 1 fully saturated rings. The zero-order valence-corrected chi connectivity index (χ0v) is 11.1. The molecule has 1 aliphatic rings. The van der Waals surface area contributed by atoms with Crippen molar-refractivity contribution in [2.45, 2.75) is 64.0 Å². The standard InChI is InChI=1S/C14H23NS/c1-12(14-10-7-11-16-14)15-13-8-5-3-2-4-6-9-13/h7,10-13,15H,2-6,8-9H2,1H3/t12-/m1/s1. The first-order chi connectivity index (χ1) is 7.86. The molecule has 0 bridgehead atoms. The Bertz CT molecular complexity index is 273. The maximum absolute atomic E-state index is 3.80. The van der Waals surface area contributed by atoms with Crippen LogP contribution in [0.4, 0.5) is 0 Å². The summed E-state index contributed by atoms with van der Waals surface area (Å²) in [7, 11) is 0. The van der Waals surface area contributed by atoms with E-state index in [0.717, 1.165) is 6.04 Å². The maximum atomic E-state index is 3.80. The Kier molecular flexibility index (Phi) is 4.86. The third-order valence-corrected chi connectivity index (χ3v) is 4.62. The van der Waals surface area contributed by atoms with Gasteiger partial charge in [-0.25, -0.2) is 0 Å². The summed E-state index contributed by atoms with van der Waals surface area (Å²) in [6.07, 6.45) is 9.89. The molecule has 2 rings (SSSR count). The highest BCUT2D eigenvalue weighted by molar-refractivity contribution is 7.10. The van der Waals surface area contributed by atoms with Gasteiger partial charge in [-0.1, -0.05) is 38.2 Å². The first kappa shape index (κ1) is 12.1. The molecule has 1 atom stereocenters. The minimum absolute atomic E-state index is 0.532. The van der Waals surface area contributed by atoms with E-state index in [1.807, 2.05) is 11.3 Å². The van der Waals surface area contributed by atoms with Crippen molar-refractivity contribution in [3.63, 3.8) is 0 Å². The molecule has 0 amide bonds. The van der Waals surface area contributed by atoms with Crippen LogP contribution in [0.25, 0.3) is 0 Å². The minimum atomic E-state index is 0.532. The second-order valence-electron chi connectivity index (χ2n) is 4.95. The molecule has 1 aromatic heterocycles. The van der Waals surface area contributed by atoms with Gasteiger partial charge in [0.05, 0.1) is 0 Å².